The van der Waals surface area contributed by atoms with Crippen molar-refractivity contribution in [3.05, 3.63) is 65.0 Å². The Morgan fingerprint density at radius 1 is 1.05 bits per heavy atom. The van der Waals surface area contributed by atoms with Crippen LogP contribution in [0.25, 0.3) is 0 Å². The molecule has 0 spiro atoms. The summed E-state index contributed by atoms with van der Waals surface area (Å²) in [6.07, 6.45) is 0. The quantitative estimate of drug-likeness (QED) is 0.888. The maximum Gasteiger partial charge on any atom is 0.131 e. The van der Waals surface area contributed by atoms with Crippen molar-refractivity contribution in [2.24, 2.45) is 5.73 Å². The normalized spacial score (nSPS) is 10.9. The minimum Gasteiger partial charge on any atom is -0.497 e. The van der Waals surface area contributed by atoms with E-state index in [1.807, 2.05) is 25.2 Å². The van der Waals surface area contributed by atoms with Crippen LogP contribution in [0.4, 0.5) is 4.39 Å². The molecule has 2 rings (SSSR count). The number of halogens is 1. The van der Waals surface area contributed by atoms with Gasteiger partial charge in [0, 0.05) is 31.3 Å². The fourth-order valence-corrected chi connectivity index (χ4v) is 2.33. The number of ether oxygens (including phenoxy) is 1. The summed E-state index contributed by atoms with van der Waals surface area (Å²) in [4.78, 5) is 2.07. The van der Waals surface area contributed by atoms with Crippen LogP contribution in [0.2, 0.25) is 0 Å². The first kappa shape index (κ1) is 15.5. The van der Waals surface area contributed by atoms with Crippen LogP contribution < -0.4 is 10.5 Å². The van der Waals surface area contributed by atoms with E-state index >= 15 is 0 Å². The molecule has 0 unspecified atom stereocenters. The Morgan fingerprint density at radius 3 is 2.33 bits per heavy atom. The van der Waals surface area contributed by atoms with Crippen LogP contribution in [0.5, 0.6) is 5.75 Å². The molecule has 0 bridgehead atoms. The highest BCUT2D eigenvalue weighted by Gasteiger charge is 2.09. The molecule has 2 aromatic rings. The van der Waals surface area contributed by atoms with Gasteiger partial charge in [-0.25, -0.2) is 4.39 Å². The van der Waals surface area contributed by atoms with E-state index in [-0.39, 0.29) is 5.82 Å². The first-order chi connectivity index (χ1) is 10.1. The maximum absolute atomic E-state index is 14.0. The molecule has 2 aromatic carbocycles. The van der Waals surface area contributed by atoms with E-state index in [2.05, 4.69) is 11.0 Å². The van der Waals surface area contributed by atoms with Gasteiger partial charge in [0.1, 0.15) is 11.6 Å². The molecule has 0 amide bonds. The fourth-order valence-electron chi connectivity index (χ4n) is 2.33. The molecule has 3 nitrogen and oxygen atoms in total. The largest absolute Gasteiger partial charge is 0.497 e. The van der Waals surface area contributed by atoms with Gasteiger partial charge in [-0.3, -0.25) is 4.90 Å². The van der Waals surface area contributed by atoms with Crippen molar-refractivity contribution < 1.29 is 9.13 Å². The third kappa shape index (κ3) is 4.03. The van der Waals surface area contributed by atoms with Gasteiger partial charge in [-0.05, 0) is 24.2 Å². The van der Waals surface area contributed by atoms with Crippen LogP contribution >= 0.6 is 0 Å². The van der Waals surface area contributed by atoms with Crippen molar-refractivity contribution in [1.82, 2.24) is 4.90 Å². The number of rotatable bonds is 6. The third-order valence-corrected chi connectivity index (χ3v) is 3.48. The van der Waals surface area contributed by atoms with Crippen molar-refractivity contribution >= 4 is 0 Å². The molecule has 0 heterocycles. The van der Waals surface area contributed by atoms with E-state index in [1.165, 1.54) is 18.7 Å². The van der Waals surface area contributed by atoms with Crippen LogP contribution in [-0.2, 0) is 19.6 Å². The summed E-state index contributed by atoms with van der Waals surface area (Å²) in [7, 11) is 3.50. The zero-order valence-corrected chi connectivity index (χ0v) is 12.5. The Morgan fingerprint density at radius 2 is 1.71 bits per heavy atom. The molecule has 4 heteroatoms. The number of hydrogen-bond donors (Lipinski definition) is 1. The Kier molecular flexibility index (Phi) is 5.31. The van der Waals surface area contributed by atoms with Crippen molar-refractivity contribution in [2.75, 3.05) is 14.2 Å². The highest BCUT2D eigenvalue weighted by Crippen LogP contribution is 2.18. The van der Waals surface area contributed by atoms with Crippen molar-refractivity contribution in [3.8, 4) is 5.75 Å². The molecule has 0 atom stereocenters. The van der Waals surface area contributed by atoms with Gasteiger partial charge in [-0.1, -0.05) is 30.3 Å². The lowest BCUT2D eigenvalue weighted by Crippen LogP contribution is -2.19. The Balaban J connectivity index is 2.06. The lowest BCUT2D eigenvalue weighted by Gasteiger charge is -2.19. The number of methoxy groups -OCH3 is 1. The van der Waals surface area contributed by atoms with Crippen LogP contribution in [0.1, 0.15) is 16.7 Å². The van der Waals surface area contributed by atoms with Crippen LogP contribution in [0, 0.1) is 5.82 Å². The van der Waals surface area contributed by atoms with E-state index in [1.54, 1.807) is 12.1 Å². The molecule has 0 radical (unpaired) electrons. The summed E-state index contributed by atoms with van der Waals surface area (Å²) < 4.78 is 19.0. The molecular formula is C17H21FN2O. The van der Waals surface area contributed by atoms with Crippen LogP contribution in [-0.4, -0.2) is 19.1 Å². The number of benzene rings is 2. The molecule has 21 heavy (non-hydrogen) atoms. The van der Waals surface area contributed by atoms with Crippen LogP contribution in [0.3, 0.4) is 0 Å². The van der Waals surface area contributed by atoms with Gasteiger partial charge in [0.25, 0.3) is 0 Å². The van der Waals surface area contributed by atoms with Gasteiger partial charge in [-0.2, -0.15) is 0 Å². The third-order valence-electron chi connectivity index (χ3n) is 3.48. The van der Waals surface area contributed by atoms with Crippen molar-refractivity contribution in [3.63, 3.8) is 0 Å². The Bertz CT molecular complexity index is 601. The van der Waals surface area contributed by atoms with E-state index in [4.69, 9.17) is 10.5 Å². The van der Waals surface area contributed by atoms with Crippen LogP contribution in [0.15, 0.2) is 42.5 Å². The SMILES string of the molecule is COc1ccc(CN(C)Cc2ccccc2CN)c(F)c1. The average Bonchev–Trinajstić information content (AvgIpc) is 2.49. The summed E-state index contributed by atoms with van der Waals surface area (Å²) in [6, 6.07) is 13.0. The molecule has 0 saturated heterocycles. The molecular weight excluding hydrogens is 267 g/mol. The molecule has 2 N–H and O–H groups in total. The average molecular weight is 288 g/mol. The summed E-state index contributed by atoms with van der Waals surface area (Å²) >= 11 is 0. The maximum atomic E-state index is 14.0. The van der Waals surface area contributed by atoms with E-state index < -0.39 is 0 Å². The predicted octanol–water partition coefficient (Wildman–Crippen LogP) is 2.93. The second-order valence-electron chi connectivity index (χ2n) is 5.10. The van der Waals surface area contributed by atoms with Gasteiger partial charge in [0.15, 0.2) is 0 Å². The smallest absolute Gasteiger partial charge is 0.131 e. The molecule has 112 valence electrons. The molecule has 0 aliphatic heterocycles. The van der Waals surface area contributed by atoms with E-state index in [9.17, 15) is 4.39 Å². The molecule has 0 aromatic heterocycles. The first-order valence-corrected chi connectivity index (χ1v) is 6.92. The van der Waals surface area contributed by atoms with Gasteiger partial charge < -0.3 is 10.5 Å². The standard InChI is InChI=1S/C17H21FN2O/c1-20(11-14-6-4-3-5-13(14)10-19)12-15-7-8-16(21-2)9-17(15)18/h3-9H,10-12,19H2,1-2H3. The summed E-state index contributed by atoms with van der Waals surface area (Å²) in [6.45, 7) is 1.79. The highest BCUT2D eigenvalue weighted by molar-refractivity contribution is 5.29. The van der Waals surface area contributed by atoms with Gasteiger partial charge in [0.05, 0.1) is 7.11 Å². The van der Waals surface area contributed by atoms with Gasteiger partial charge in [0.2, 0.25) is 0 Å². The number of nitrogens with zero attached hydrogens (tertiary/aromatic N) is 1. The van der Waals surface area contributed by atoms with Gasteiger partial charge in [-0.15, -0.1) is 0 Å². The highest BCUT2D eigenvalue weighted by atomic mass is 19.1. The van der Waals surface area contributed by atoms with E-state index in [0.717, 1.165) is 12.1 Å². The number of nitrogens with two attached hydrogens (primary N) is 1. The second kappa shape index (κ2) is 7.20. The monoisotopic (exact) mass is 288 g/mol. The zero-order valence-electron chi connectivity index (χ0n) is 12.5. The lowest BCUT2D eigenvalue weighted by atomic mass is 10.1. The van der Waals surface area contributed by atoms with Gasteiger partial charge >= 0.3 is 0 Å². The zero-order chi connectivity index (χ0) is 15.2. The lowest BCUT2D eigenvalue weighted by molar-refractivity contribution is 0.312. The minimum absolute atomic E-state index is 0.242. The molecule has 0 aliphatic carbocycles. The molecule has 0 saturated carbocycles. The minimum atomic E-state index is -0.242. The number of hydrogen-bond acceptors (Lipinski definition) is 3. The predicted molar refractivity (Wildman–Crippen MR) is 82.5 cm³/mol. The fraction of sp³-hybridized carbons (Fsp3) is 0.294. The van der Waals surface area contributed by atoms with E-state index in [0.29, 0.717) is 24.4 Å². The first-order valence-electron chi connectivity index (χ1n) is 6.92. The summed E-state index contributed by atoms with van der Waals surface area (Å²) in [5, 5.41) is 0. The topological polar surface area (TPSA) is 38.5 Å². The summed E-state index contributed by atoms with van der Waals surface area (Å²) in [5.74, 6) is 0.292. The van der Waals surface area contributed by atoms with Crippen molar-refractivity contribution in [1.29, 1.82) is 0 Å². The molecule has 0 aliphatic rings. The second-order valence-corrected chi connectivity index (χ2v) is 5.10. The van der Waals surface area contributed by atoms with Crippen molar-refractivity contribution in [2.45, 2.75) is 19.6 Å². The Hall–Kier alpha value is -1.91. The summed E-state index contributed by atoms with van der Waals surface area (Å²) in [5.41, 5.74) is 8.70. The Labute approximate surface area is 125 Å². The molecule has 0 fully saturated rings.